The lowest BCUT2D eigenvalue weighted by atomic mass is 10.1. The molecule has 10 heteroatoms. The zero-order valence-corrected chi connectivity index (χ0v) is 15.0. The van der Waals surface area contributed by atoms with Gasteiger partial charge in [0, 0.05) is 12.8 Å². The quantitative estimate of drug-likeness (QED) is 0.265. The Morgan fingerprint density at radius 2 is 1.62 bits per heavy atom. The zero-order valence-electron chi connectivity index (χ0n) is 15.0. The SMILES string of the molecule is CC(C)CC(=O)OC(O)[C@@](O)(OC(=O)CC(C)C)[C@H]1OC(=O)C(O)=C1O. The summed E-state index contributed by atoms with van der Waals surface area (Å²) in [6, 6.07) is 0. The highest BCUT2D eigenvalue weighted by atomic mass is 16.7. The fourth-order valence-electron chi connectivity index (χ4n) is 2.11. The molecule has 4 N–H and O–H groups in total. The molecule has 26 heavy (non-hydrogen) atoms. The summed E-state index contributed by atoms with van der Waals surface area (Å²) in [6.45, 7) is 6.76. The molecule has 0 aromatic carbocycles. The van der Waals surface area contributed by atoms with Crippen molar-refractivity contribution < 1.29 is 49.0 Å². The molecular weight excluding hydrogens is 352 g/mol. The maximum Gasteiger partial charge on any atom is 0.378 e. The Labute approximate surface area is 150 Å². The fraction of sp³-hybridized carbons (Fsp3) is 0.688. The fourth-order valence-corrected chi connectivity index (χ4v) is 2.11. The standard InChI is InChI=1S/C16H24O10/c1-7(2)5-9(17)24-15(22)16(23,26-10(18)6-8(3)4)13-11(19)12(20)14(21)25-13/h7-8,13,15,19-20,22-23H,5-6H2,1-4H3/t13-,15?,16-/m0/s1. The third kappa shape index (κ3) is 5.09. The number of hydrogen-bond donors (Lipinski definition) is 4. The van der Waals surface area contributed by atoms with Crippen LogP contribution in [0.2, 0.25) is 0 Å². The first-order valence-corrected chi connectivity index (χ1v) is 8.03. The van der Waals surface area contributed by atoms with E-state index in [-0.39, 0.29) is 24.7 Å². The second-order valence-electron chi connectivity index (χ2n) is 6.78. The average Bonchev–Trinajstić information content (AvgIpc) is 2.73. The summed E-state index contributed by atoms with van der Waals surface area (Å²) < 4.78 is 14.0. The smallest absolute Gasteiger partial charge is 0.378 e. The Morgan fingerprint density at radius 1 is 1.12 bits per heavy atom. The van der Waals surface area contributed by atoms with Crippen molar-refractivity contribution in [1.82, 2.24) is 0 Å². The minimum atomic E-state index is -3.15. The lowest BCUT2D eigenvalue weighted by Crippen LogP contribution is -2.57. The van der Waals surface area contributed by atoms with Crippen LogP contribution in [0.1, 0.15) is 40.5 Å². The molecule has 0 spiro atoms. The van der Waals surface area contributed by atoms with Gasteiger partial charge in [0.05, 0.1) is 0 Å². The van der Waals surface area contributed by atoms with Crippen molar-refractivity contribution in [2.75, 3.05) is 0 Å². The summed E-state index contributed by atoms with van der Waals surface area (Å²) in [5, 5.41) is 39.9. The molecule has 0 aromatic heterocycles. The molecule has 0 saturated carbocycles. The van der Waals surface area contributed by atoms with Gasteiger partial charge in [-0.3, -0.25) is 9.59 Å². The Hall–Kier alpha value is -2.33. The van der Waals surface area contributed by atoms with E-state index in [0.29, 0.717) is 0 Å². The van der Waals surface area contributed by atoms with E-state index in [1.807, 2.05) is 0 Å². The molecule has 0 aromatic rings. The number of carbonyl (C=O) groups is 3. The van der Waals surface area contributed by atoms with Gasteiger partial charge in [0.2, 0.25) is 11.9 Å². The zero-order chi connectivity index (χ0) is 20.2. The van der Waals surface area contributed by atoms with Crippen LogP contribution in [0.4, 0.5) is 0 Å². The normalized spacial score (nSPS) is 20.8. The van der Waals surface area contributed by atoms with Crippen LogP contribution in [-0.2, 0) is 28.6 Å². The van der Waals surface area contributed by atoms with E-state index < -0.39 is 47.6 Å². The Balaban J connectivity index is 3.11. The minimum Gasteiger partial charge on any atom is -0.505 e. The van der Waals surface area contributed by atoms with Crippen LogP contribution < -0.4 is 0 Å². The summed E-state index contributed by atoms with van der Waals surface area (Å²) in [5.41, 5.74) is 0. The van der Waals surface area contributed by atoms with E-state index in [1.165, 1.54) is 0 Å². The van der Waals surface area contributed by atoms with Crippen molar-refractivity contribution >= 4 is 17.9 Å². The van der Waals surface area contributed by atoms with Gasteiger partial charge in [-0.25, -0.2) is 4.79 Å². The second-order valence-corrected chi connectivity index (χ2v) is 6.78. The average molecular weight is 376 g/mol. The van der Waals surface area contributed by atoms with Gasteiger partial charge in [-0.2, -0.15) is 0 Å². The maximum atomic E-state index is 11.9. The van der Waals surface area contributed by atoms with Gasteiger partial charge < -0.3 is 34.6 Å². The minimum absolute atomic E-state index is 0.120. The predicted molar refractivity (Wildman–Crippen MR) is 84.2 cm³/mol. The van der Waals surface area contributed by atoms with Gasteiger partial charge >= 0.3 is 23.7 Å². The van der Waals surface area contributed by atoms with Crippen LogP contribution in [0, 0.1) is 11.8 Å². The Bertz CT molecular complexity index is 594. The first-order valence-electron chi connectivity index (χ1n) is 8.03. The molecule has 1 aliphatic rings. The van der Waals surface area contributed by atoms with E-state index in [2.05, 4.69) is 9.47 Å². The van der Waals surface area contributed by atoms with E-state index in [0.717, 1.165) is 0 Å². The molecule has 10 nitrogen and oxygen atoms in total. The summed E-state index contributed by atoms with van der Waals surface area (Å²) >= 11 is 0. The number of ether oxygens (including phenoxy) is 3. The number of hydrogen-bond acceptors (Lipinski definition) is 10. The Morgan fingerprint density at radius 3 is 2.04 bits per heavy atom. The van der Waals surface area contributed by atoms with Crippen molar-refractivity contribution in [3.63, 3.8) is 0 Å². The number of aliphatic hydroxyl groups is 4. The topological polar surface area (TPSA) is 160 Å². The third-order valence-electron chi connectivity index (χ3n) is 3.31. The summed E-state index contributed by atoms with van der Waals surface area (Å²) in [5.74, 6) is -9.22. The van der Waals surface area contributed by atoms with Crippen molar-refractivity contribution in [3.8, 4) is 0 Å². The van der Waals surface area contributed by atoms with Crippen LogP contribution in [-0.4, -0.2) is 56.5 Å². The molecule has 0 bridgehead atoms. The third-order valence-corrected chi connectivity index (χ3v) is 3.31. The highest BCUT2D eigenvalue weighted by molar-refractivity contribution is 5.89. The molecule has 1 rings (SSSR count). The van der Waals surface area contributed by atoms with Gasteiger partial charge in [0.25, 0.3) is 6.29 Å². The van der Waals surface area contributed by atoms with Crippen LogP contribution in [0.3, 0.4) is 0 Å². The van der Waals surface area contributed by atoms with Gasteiger partial charge in [-0.15, -0.1) is 0 Å². The molecule has 0 fully saturated rings. The molecular formula is C16H24O10. The van der Waals surface area contributed by atoms with E-state index in [9.17, 15) is 34.8 Å². The first kappa shape index (κ1) is 21.7. The number of rotatable bonds is 8. The molecule has 0 aliphatic carbocycles. The predicted octanol–water partition coefficient (Wildman–Crippen LogP) is 0.425. The first-order chi connectivity index (χ1) is 11.9. The van der Waals surface area contributed by atoms with Crippen LogP contribution in [0.5, 0.6) is 0 Å². The van der Waals surface area contributed by atoms with Gasteiger partial charge in [0.15, 0.2) is 5.76 Å². The van der Waals surface area contributed by atoms with Crippen LogP contribution in [0.15, 0.2) is 11.5 Å². The number of carbonyl (C=O) groups excluding carboxylic acids is 3. The van der Waals surface area contributed by atoms with Gasteiger partial charge in [-0.1, -0.05) is 27.7 Å². The number of esters is 3. The molecule has 1 unspecified atom stereocenters. The number of cyclic esters (lactones) is 1. The molecule has 0 amide bonds. The summed E-state index contributed by atoms with van der Waals surface area (Å²) in [7, 11) is 0. The maximum absolute atomic E-state index is 11.9. The lowest BCUT2D eigenvalue weighted by Gasteiger charge is -2.34. The Kier molecular flexibility index (Phi) is 6.99. The highest BCUT2D eigenvalue weighted by Crippen LogP contribution is 2.33. The molecule has 3 atom stereocenters. The van der Waals surface area contributed by atoms with Crippen molar-refractivity contribution in [1.29, 1.82) is 0 Å². The highest BCUT2D eigenvalue weighted by Gasteiger charge is 2.58. The lowest BCUT2D eigenvalue weighted by molar-refractivity contribution is -0.330. The van der Waals surface area contributed by atoms with Gasteiger partial charge in [0.1, 0.15) is 0 Å². The molecule has 148 valence electrons. The monoisotopic (exact) mass is 376 g/mol. The van der Waals surface area contributed by atoms with E-state index >= 15 is 0 Å². The summed E-state index contributed by atoms with van der Waals surface area (Å²) in [6.07, 6.45) is -4.97. The van der Waals surface area contributed by atoms with E-state index in [4.69, 9.17) is 4.74 Å². The van der Waals surface area contributed by atoms with Crippen molar-refractivity contribution in [2.24, 2.45) is 11.8 Å². The van der Waals surface area contributed by atoms with Crippen LogP contribution in [0.25, 0.3) is 0 Å². The van der Waals surface area contributed by atoms with E-state index in [1.54, 1.807) is 27.7 Å². The second kappa shape index (κ2) is 8.37. The van der Waals surface area contributed by atoms with Gasteiger partial charge in [-0.05, 0) is 11.8 Å². The van der Waals surface area contributed by atoms with Crippen LogP contribution >= 0.6 is 0 Å². The molecule has 0 saturated heterocycles. The molecule has 1 heterocycles. The molecule has 0 radical (unpaired) electrons. The largest absolute Gasteiger partial charge is 0.505 e. The number of aliphatic hydroxyl groups excluding tert-OH is 3. The van der Waals surface area contributed by atoms with Crippen molar-refractivity contribution in [3.05, 3.63) is 11.5 Å². The summed E-state index contributed by atoms with van der Waals surface area (Å²) in [4.78, 5) is 35.0. The van der Waals surface area contributed by atoms with Crippen molar-refractivity contribution in [2.45, 2.75) is 58.7 Å². The molecule has 1 aliphatic heterocycles.